The molecule has 0 fully saturated rings. The van der Waals surface area contributed by atoms with Crippen LogP contribution in [0.1, 0.15) is 40.0 Å². The lowest BCUT2D eigenvalue weighted by Crippen LogP contribution is -2.43. The van der Waals surface area contributed by atoms with Crippen LogP contribution in [0.4, 0.5) is 0 Å². The summed E-state index contributed by atoms with van der Waals surface area (Å²) in [6.07, 6.45) is 5.90. The molecule has 6 heteroatoms. The molecule has 1 aliphatic carbocycles. The average molecular weight is 336 g/mol. The maximum Gasteiger partial charge on any atom is 0.257 e. The molecule has 1 atom stereocenters. The van der Waals surface area contributed by atoms with Gasteiger partial charge in [-0.2, -0.15) is 5.10 Å². The zero-order valence-corrected chi connectivity index (χ0v) is 14.1. The van der Waals surface area contributed by atoms with Gasteiger partial charge in [-0.3, -0.25) is 4.79 Å². The summed E-state index contributed by atoms with van der Waals surface area (Å²) in [7, 11) is 0. The highest BCUT2D eigenvalue weighted by molar-refractivity contribution is 6.01. The van der Waals surface area contributed by atoms with E-state index in [-0.39, 0.29) is 12.5 Å². The molecule has 4 rings (SSSR count). The van der Waals surface area contributed by atoms with Crippen LogP contribution in [0.15, 0.2) is 42.7 Å². The van der Waals surface area contributed by atoms with Gasteiger partial charge in [0.05, 0.1) is 12.2 Å². The van der Waals surface area contributed by atoms with E-state index in [1.54, 1.807) is 29.9 Å². The number of benzene rings is 1. The van der Waals surface area contributed by atoms with Crippen LogP contribution < -0.4 is 5.32 Å². The maximum absolute atomic E-state index is 12.7. The number of aryl methyl sites for hydroxylation is 2. The molecule has 0 spiro atoms. The summed E-state index contributed by atoms with van der Waals surface area (Å²) in [4.78, 5) is 17.0. The number of amides is 1. The summed E-state index contributed by atoms with van der Waals surface area (Å²) in [5, 5.41) is 18.3. The number of carbonyl (C=O) groups excluding carboxylic acids is 1. The van der Waals surface area contributed by atoms with E-state index in [1.165, 1.54) is 0 Å². The molecule has 25 heavy (non-hydrogen) atoms. The summed E-state index contributed by atoms with van der Waals surface area (Å²) in [6, 6.07) is 9.67. The Bertz CT molecular complexity index is 950. The zero-order valence-electron chi connectivity index (χ0n) is 14.1. The third-order valence-corrected chi connectivity index (χ3v) is 4.89. The Labute approximate surface area is 145 Å². The van der Waals surface area contributed by atoms with Crippen molar-refractivity contribution in [3.8, 4) is 0 Å². The lowest BCUT2D eigenvalue weighted by molar-refractivity contribution is 0.0189. The molecule has 0 unspecified atom stereocenters. The second kappa shape index (κ2) is 5.97. The topological polar surface area (TPSA) is 79.5 Å². The molecule has 6 nitrogen and oxygen atoms in total. The van der Waals surface area contributed by atoms with Crippen molar-refractivity contribution in [3.63, 3.8) is 0 Å². The molecular formula is C19H20N4O2. The van der Waals surface area contributed by atoms with Crippen LogP contribution >= 0.6 is 0 Å². The van der Waals surface area contributed by atoms with Gasteiger partial charge >= 0.3 is 0 Å². The number of fused-ring (bicyclic) bond motifs is 2. The van der Waals surface area contributed by atoms with Gasteiger partial charge in [0.1, 0.15) is 11.2 Å². The van der Waals surface area contributed by atoms with Crippen molar-refractivity contribution in [2.24, 2.45) is 0 Å². The van der Waals surface area contributed by atoms with E-state index in [0.717, 1.165) is 24.0 Å². The van der Waals surface area contributed by atoms with Gasteiger partial charge in [0.2, 0.25) is 0 Å². The van der Waals surface area contributed by atoms with Crippen LogP contribution in [0.25, 0.3) is 5.65 Å². The quantitative estimate of drug-likeness (QED) is 0.767. The third-order valence-electron chi connectivity index (χ3n) is 4.89. The predicted molar refractivity (Wildman–Crippen MR) is 93.3 cm³/mol. The number of rotatable bonds is 3. The van der Waals surface area contributed by atoms with Crippen molar-refractivity contribution in [3.05, 3.63) is 65.1 Å². The molecule has 0 bridgehead atoms. The summed E-state index contributed by atoms with van der Waals surface area (Å²) < 4.78 is 1.59. The van der Waals surface area contributed by atoms with Crippen molar-refractivity contribution in [2.45, 2.75) is 31.8 Å². The van der Waals surface area contributed by atoms with Gasteiger partial charge < -0.3 is 10.4 Å². The highest BCUT2D eigenvalue weighted by atomic mass is 16.3. The van der Waals surface area contributed by atoms with E-state index in [0.29, 0.717) is 23.3 Å². The minimum atomic E-state index is -1.03. The van der Waals surface area contributed by atoms with Gasteiger partial charge in [-0.25, -0.2) is 9.50 Å². The lowest BCUT2D eigenvalue weighted by Gasteiger charge is -2.34. The van der Waals surface area contributed by atoms with Crippen LogP contribution in [0.2, 0.25) is 0 Å². The molecule has 1 aliphatic rings. The van der Waals surface area contributed by atoms with Crippen LogP contribution in [0.5, 0.6) is 0 Å². The van der Waals surface area contributed by atoms with E-state index in [1.807, 2.05) is 24.3 Å². The number of hydrogen-bond donors (Lipinski definition) is 2. The molecule has 128 valence electrons. The first-order valence-electron chi connectivity index (χ1n) is 8.47. The van der Waals surface area contributed by atoms with Gasteiger partial charge in [-0.05, 0) is 43.4 Å². The second-order valence-corrected chi connectivity index (χ2v) is 6.57. The Morgan fingerprint density at radius 3 is 3.08 bits per heavy atom. The van der Waals surface area contributed by atoms with Gasteiger partial charge in [0.15, 0.2) is 5.65 Å². The average Bonchev–Trinajstić information content (AvgIpc) is 2.96. The molecule has 2 aromatic heterocycles. The summed E-state index contributed by atoms with van der Waals surface area (Å²) >= 11 is 0. The number of carbonyl (C=O) groups is 1. The Balaban J connectivity index is 1.59. The molecule has 1 aromatic carbocycles. The van der Waals surface area contributed by atoms with E-state index >= 15 is 0 Å². The van der Waals surface area contributed by atoms with Gasteiger partial charge in [0.25, 0.3) is 5.91 Å². The first-order chi connectivity index (χ1) is 12.1. The molecule has 0 saturated carbocycles. The Kier molecular flexibility index (Phi) is 3.77. The van der Waals surface area contributed by atoms with Gasteiger partial charge in [-0.15, -0.1) is 0 Å². The van der Waals surface area contributed by atoms with E-state index < -0.39 is 5.60 Å². The first kappa shape index (κ1) is 15.8. The van der Waals surface area contributed by atoms with Crippen molar-refractivity contribution in [1.82, 2.24) is 19.9 Å². The summed E-state index contributed by atoms with van der Waals surface area (Å²) in [6.45, 7) is 1.96. The van der Waals surface area contributed by atoms with Gasteiger partial charge in [0, 0.05) is 12.4 Å². The zero-order chi connectivity index (χ0) is 17.4. The lowest BCUT2D eigenvalue weighted by atomic mass is 9.79. The Hall–Kier alpha value is -2.73. The van der Waals surface area contributed by atoms with Gasteiger partial charge in [-0.1, -0.05) is 24.3 Å². The highest BCUT2D eigenvalue weighted by Gasteiger charge is 2.34. The summed E-state index contributed by atoms with van der Waals surface area (Å²) in [5.41, 5.74) is 2.62. The van der Waals surface area contributed by atoms with Crippen LogP contribution in [0, 0.1) is 6.92 Å². The summed E-state index contributed by atoms with van der Waals surface area (Å²) in [5.74, 6) is -0.261. The van der Waals surface area contributed by atoms with Crippen molar-refractivity contribution in [2.75, 3.05) is 6.54 Å². The standard InChI is InChI=1S/C19H20N4O2/c1-13-16(17-20-10-5-11-23(17)22-13)18(24)21-12-19(25)9-4-7-14-6-2-3-8-15(14)19/h2-3,5-6,8,10-11,25H,4,7,9,12H2,1H3,(H,21,24)/t19-/m0/s1. The second-order valence-electron chi connectivity index (χ2n) is 6.57. The number of aliphatic hydroxyl groups is 1. The van der Waals surface area contributed by atoms with Crippen molar-refractivity contribution < 1.29 is 9.90 Å². The van der Waals surface area contributed by atoms with E-state index in [2.05, 4.69) is 15.4 Å². The SMILES string of the molecule is Cc1nn2cccnc2c1C(=O)NC[C@@]1(O)CCCc2ccccc21. The highest BCUT2D eigenvalue weighted by Crippen LogP contribution is 2.34. The van der Waals surface area contributed by atoms with E-state index in [9.17, 15) is 9.90 Å². The maximum atomic E-state index is 12.7. The number of nitrogens with one attached hydrogen (secondary N) is 1. The fraction of sp³-hybridized carbons (Fsp3) is 0.316. The normalized spacial score (nSPS) is 19.6. The number of aromatic nitrogens is 3. The fourth-order valence-electron chi connectivity index (χ4n) is 3.66. The van der Waals surface area contributed by atoms with Crippen LogP contribution in [-0.4, -0.2) is 32.2 Å². The fourth-order valence-corrected chi connectivity index (χ4v) is 3.66. The minimum Gasteiger partial charge on any atom is -0.383 e. The third kappa shape index (κ3) is 2.68. The van der Waals surface area contributed by atoms with Crippen molar-refractivity contribution >= 4 is 11.6 Å². The molecule has 3 aromatic rings. The van der Waals surface area contributed by atoms with E-state index in [4.69, 9.17) is 0 Å². The largest absolute Gasteiger partial charge is 0.383 e. The smallest absolute Gasteiger partial charge is 0.257 e. The van der Waals surface area contributed by atoms with Crippen LogP contribution in [0.3, 0.4) is 0 Å². The molecule has 0 saturated heterocycles. The minimum absolute atomic E-state index is 0.173. The van der Waals surface area contributed by atoms with Crippen molar-refractivity contribution in [1.29, 1.82) is 0 Å². The molecule has 2 heterocycles. The monoisotopic (exact) mass is 336 g/mol. The number of nitrogens with zero attached hydrogens (tertiary/aromatic N) is 3. The molecule has 2 N–H and O–H groups in total. The predicted octanol–water partition coefficient (Wildman–Crippen LogP) is 1.99. The Morgan fingerprint density at radius 2 is 2.20 bits per heavy atom. The molecule has 0 radical (unpaired) electrons. The number of hydrogen-bond acceptors (Lipinski definition) is 4. The first-order valence-corrected chi connectivity index (χ1v) is 8.47. The molecule has 1 amide bonds. The Morgan fingerprint density at radius 1 is 1.36 bits per heavy atom. The molecular weight excluding hydrogens is 316 g/mol. The molecule has 0 aliphatic heterocycles. The van der Waals surface area contributed by atoms with Crippen LogP contribution in [-0.2, 0) is 12.0 Å².